The summed E-state index contributed by atoms with van der Waals surface area (Å²) in [4.78, 5) is 0. The molecule has 0 radical (unpaired) electrons. The molecule has 2 aromatic rings. The van der Waals surface area contributed by atoms with Crippen molar-refractivity contribution in [1.29, 1.82) is 0 Å². The first-order valence-corrected chi connectivity index (χ1v) is 7.20. The van der Waals surface area contributed by atoms with Gasteiger partial charge in [-0.05, 0) is 48.8 Å². The Morgan fingerprint density at radius 3 is 1.90 bits per heavy atom. The van der Waals surface area contributed by atoms with E-state index in [0.717, 1.165) is 23.6 Å². The van der Waals surface area contributed by atoms with Crippen LogP contribution < -0.4 is 5.32 Å². The molecule has 0 aromatic heterocycles. The third-order valence-corrected chi connectivity index (χ3v) is 3.39. The van der Waals surface area contributed by atoms with Crippen molar-refractivity contribution in [3.05, 3.63) is 70.2 Å². The van der Waals surface area contributed by atoms with Crippen LogP contribution in [0.25, 0.3) is 0 Å². The first-order valence-electron chi connectivity index (χ1n) is 6.82. The van der Waals surface area contributed by atoms with Crippen LogP contribution in [0.2, 0.25) is 5.02 Å². The molecule has 0 unspecified atom stereocenters. The second-order valence-corrected chi connectivity index (χ2v) is 5.23. The van der Waals surface area contributed by atoms with Crippen LogP contribution >= 0.6 is 11.6 Å². The van der Waals surface area contributed by atoms with E-state index in [9.17, 15) is 0 Å². The van der Waals surface area contributed by atoms with Crippen LogP contribution in [0.15, 0.2) is 48.5 Å². The Morgan fingerprint density at radius 1 is 0.850 bits per heavy atom. The molecule has 0 aliphatic rings. The van der Waals surface area contributed by atoms with Crippen molar-refractivity contribution in [1.82, 2.24) is 5.32 Å². The molecule has 106 valence electrons. The van der Waals surface area contributed by atoms with Crippen molar-refractivity contribution >= 4 is 11.6 Å². The average Bonchev–Trinajstić information content (AvgIpc) is 2.48. The topological polar surface area (TPSA) is 21.3 Å². The van der Waals surface area contributed by atoms with E-state index < -0.39 is 0 Å². The fourth-order valence-electron chi connectivity index (χ4n) is 1.94. The number of hydrogen-bond acceptors (Lipinski definition) is 2. The molecule has 0 aliphatic heterocycles. The van der Waals surface area contributed by atoms with E-state index in [0.29, 0.717) is 13.2 Å². The fraction of sp³-hybridized carbons (Fsp3) is 0.294. The summed E-state index contributed by atoms with van der Waals surface area (Å²) in [5.74, 6) is 0. The van der Waals surface area contributed by atoms with Crippen LogP contribution in [-0.2, 0) is 24.4 Å². The van der Waals surface area contributed by atoms with E-state index in [4.69, 9.17) is 16.3 Å². The van der Waals surface area contributed by atoms with E-state index in [1.807, 2.05) is 31.3 Å². The smallest absolute Gasteiger partial charge is 0.0721 e. The first kappa shape index (κ1) is 15.0. The van der Waals surface area contributed by atoms with E-state index in [1.165, 1.54) is 11.1 Å². The standard InChI is InChI=1S/C17H20ClNO/c1-19-11-10-14-2-4-15(5-3-14)12-20-13-16-6-8-17(18)9-7-16/h2-9,19H,10-13H2,1H3. The predicted molar refractivity (Wildman–Crippen MR) is 84.0 cm³/mol. The maximum atomic E-state index is 5.85. The minimum Gasteiger partial charge on any atom is -0.372 e. The lowest BCUT2D eigenvalue weighted by Gasteiger charge is -2.06. The molecule has 2 aromatic carbocycles. The highest BCUT2D eigenvalue weighted by Crippen LogP contribution is 2.12. The lowest BCUT2D eigenvalue weighted by Crippen LogP contribution is -2.10. The zero-order valence-corrected chi connectivity index (χ0v) is 12.5. The molecular formula is C17H20ClNO. The normalized spacial score (nSPS) is 10.7. The monoisotopic (exact) mass is 289 g/mol. The molecule has 0 saturated heterocycles. The molecule has 0 bridgehead atoms. The number of rotatable bonds is 7. The number of benzene rings is 2. The molecule has 0 heterocycles. The molecule has 0 spiro atoms. The van der Waals surface area contributed by atoms with Crippen LogP contribution in [0, 0.1) is 0 Å². The summed E-state index contributed by atoms with van der Waals surface area (Å²) >= 11 is 5.85. The second kappa shape index (κ2) is 8.05. The Bertz CT molecular complexity index is 508. The summed E-state index contributed by atoms with van der Waals surface area (Å²) in [5, 5.41) is 3.91. The molecular weight excluding hydrogens is 270 g/mol. The Balaban J connectivity index is 1.77. The largest absolute Gasteiger partial charge is 0.372 e. The van der Waals surface area contributed by atoms with Gasteiger partial charge < -0.3 is 10.1 Å². The SMILES string of the molecule is CNCCc1ccc(COCc2ccc(Cl)cc2)cc1. The van der Waals surface area contributed by atoms with Crippen molar-refractivity contribution in [2.45, 2.75) is 19.6 Å². The van der Waals surface area contributed by atoms with Gasteiger partial charge in [0.2, 0.25) is 0 Å². The van der Waals surface area contributed by atoms with E-state index in [1.54, 1.807) is 0 Å². The van der Waals surface area contributed by atoms with Gasteiger partial charge in [-0.1, -0.05) is 48.0 Å². The molecule has 0 amide bonds. The van der Waals surface area contributed by atoms with Gasteiger partial charge in [0, 0.05) is 5.02 Å². The quantitative estimate of drug-likeness (QED) is 0.837. The highest BCUT2D eigenvalue weighted by atomic mass is 35.5. The van der Waals surface area contributed by atoms with Gasteiger partial charge in [0.1, 0.15) is 0 Å². The molecule has 0 atom stereocenters. The van der Waals surface area contributed by atoms with Gasteiger partial charge in [0.15, 0.2) is 0 Å². The van der Waals surface area contributed by atoms with E-state index in [2.05, 4.69) is 29.6 Å². The zero-order chi connectivity index (χ0) is 14.2. The summed E-state index contributed by atoms with van der Waals surface area (Å²) in [6.07, 6.45) is 1.06. The minimum atomic E-state index is 0.610. The summed E-state index contributed by atoms with van der Waals surface area (Å²) in [5.41, 5.74) is 3.69. The van der Waals surface area contributed by atoms with Crippen molar-refractivity contribution in [2.75, 3.05) is 13.6 Å². The van der Waals surface area contributed by atoms with Crippen LogP contribution in [0.5, 0.6) is 0 Å². The maximum Gasteiger partial charge on any atom is 0.0721 e. The number of hydrogen-bond donors (Lipinski definition) is 1. The van der Waals surface area contributed by atoms with Gasteiger partial charge in [-0.2, -0.15) is 0 Å². The highest BCUT2D eigenvalue weighted by molar-refractivity contribution is 6.30. The average molecular weight is 290 g/mol. The molecule has 3 heteroatoms. The molecule has 0 fully saturated rings. The lowest BCUT2D eigenvalue weighted by molar-refractivity contribution is 0.107. The van der Waals surface area contributed by atoms with Crippen molar-refractivity contribution in [3.8, 4) is 0 Å². The number of likely N-dealkylation sites (N-methyl/N-ethyl adjacent to an activating group) is 1. The lowest BCUT2D eigenvalue weighted by atomic mass is 10.1. The van der Waals surface area contributed by atoms with E-state index in [-0.39, 0.29) is 0 Å². The van der Waals surface area contributed by atoms with Crippen LogP contribution in [0.1, 0.15) is 16.7 Å². The summed E-state index contributed by atoms with van der Waals surface area (Å²) in [6, 6.07) is 16.3. The van der Waals surface area contributed by atoms with Crippen LogP contribution in [0.4, 0.5) is 0 Å². The third-order valence-electron chi connectivity index (χ3n) is 3.14. The predicted octanol–water partition coefficient (Wildman–Crippen LogP) is 3.82. The Kier molecular flexibility index (Phi) is 6.06. The van der Waals surface area contributed by atoms with Gasteiger partial charge in [-0.25, -0.2) is 0 Å². The number of halogens is 1. The molecule has 0 saturated carbocycles. The summed E-state index contributed by atoms with van der Waals surface area (Å²) < 4.78 is 5.71. The first-order chi connectivity index (χ1) is 9.78. The second-order valence-electron chi connectivity index (χ2n) is 4.79. The van der Waals surface area contributed by atoms with Crippen molar-refractivity contribution < 1.29 is 4.74 Å². The van der Waals surface area contributed by atoms with Crippen molar-refractivity contribution in [2.24, 2.45) is 0 Å². The Hall–Kier alpha value is -1.35. The molecule has 2 rings (SSSR count). The summed E-state index contributed by atoms with van der Waals surface area (Å²) in [6.45, 7) is 2.25. The van der Waals surface area contributed by atoms with Gasteiger partial charge in [0.05, 0.1) is 13.2 Å². The van der Waals surface area contributed by atoms with Crippen LogP contribution in [0.3, 0.4) is 0 Å². The van der Waals surface area contributed by atoms with Gasteiger partial charge in [-0.3, -0.25) is 0 Å². The van der Waals surface area contributed by atoms with Crippen molar-refractivity contribution in [3.63, 3.8) is 0 Å². The third kappa shape index (κ3) is 4.97. The number of ether oxygens (including phenoxy) is 1. The van der Waals surface area contributed by atoms with Gasteiger partial charge in [0.25, 0.3) is 0 Å². The highest BCUT2D eigenvalue weighted by Gasteiger charge is 1.97. The molecule has 0 aliphatic carbocycles. The molecule has 20 heavy (non-hydrogen) atoms. The molecule has 1 N–H and O–H groups in total. The number of nitrogens with one attached hydrogen (secondary N) is 1. The zero-order valence-electron chi connectivity index (χ0n) is 11.7. The Labute approximate surface area is 125 Å². The fourth-order valence-corrected chi connectivity index (χ4v) is 2.06. The summed E-state index contributed by atoms with van der Waals surface area (Å²) in [7, 11) is 1.97. The van der Waals surface area contributed by atoms with Gasteiger partial charge in [-0.15, -0.1) is 0 Å². The maximum absolute atomic E-state index is 5.85. The minimum absolute atomic E-state index is 0.610. The Morgan fingerprint density at radius 2 is 1.35 bits per heavy atom. The molecule has 2 nitrogen and oxygen atoms in total. The van der Waals surface area contributed by atoms with E-state index >= 15 is 0 Å². The van der Waals surface area contributed by atoms with Gasteiger partial charge >= 0.3 is 0 Å². The van der Waals surface area contributed by atoms with Crippen LogP contribution in [-0.4, -0.2) is 13.6 Å².